The molecule has 0 aliphatic rings. The maximum Gasteiger partial charge on any atom is 0.106 e. The third-order valence-electron chi connectivity index (χ3n) is 2.46. The highest BCUT2D eigenvalue weighted by atomic mass is 35.5. The van der Waals surface area contributed by atoms with Crippen LogP contribution in [0.4, 0.5) is 0 Å². The van der Waals surface area contributed by atoms with E-state index in [1.807, 2.05) is 42.0 Å². The fraction of sp³-hybridized carbons (Fsp3) is 0.250. The molecule has 1 aromatic carbocycles. The molecule has 0 fully saturated rings. The molecule has 0 saturated carbocycles. The summed E-state index contributed by atoms with van der Waals surface area (Å²) in [5.74, 6) is 0.902. The van der Waals surface area contributed by atoms with Gasteiger partial charge in [0.1, 0.15) is 5.82 Å². The van der Waals surface area contributed by atoms with Gasteiger partial charge in [-0.3, -0.25) is 0 Å². The second-order valence-electron chi connectivity index (χ2n) is 3.60. The lowest BCUT2D eigenvalue weighted by molar-refractivity contribution is 0.275. The van der Waals surface area contributed by atoms with Crippen LogP contribution in [0.3, 0.4) is 0 Å². The third kappa shape index (κ3) is 2.26. The van der Waals surface area contributed by atoms with Crippen LogP contribution in [0.2, 0.25) is 5.02 Å². The Bertz CT molecular complexity index is 476. The first kappa shape index (κ1) is 11.2. The van der Waals surface area contributed by atoms with Crippen LogP contribution in [-0.4, -0.2) is 21.3 Å². The molecule has 16 heavy (non-hydrogen) atoms. The molecule has 1 heterocycles. The second-order valence-corrected chi connectivity index (χ2v) is 4.03. The lowest BCUT2D eigenvalue weighted by Gasteiger charge is -1.99. The molecule has 0 atom stereocenters. The average molecular weight is 237 g/mol. The number of aromatic nitrogens is 2. The van der Waals surface area contributed by atoms with Crippen LogP contribution in [0.1, 0.15) is 5.82 Å². The number of rotatable bonds is 3. The fourth-order valence-corrected chi connectivity index (χ4v) is 1.73. The van der Waals surface area contributed by atoms with Crippen LogP contribution in [0.25, 0.3) is 11.3 Å². The summed E-state index contributed by atoms with van der Waals surface area (Å²) in [5.41, 5.74) is 1.94. The quantitative estimate of drug-likeness (QED) is 0.889. The number of aliphatic hydroxyl groups is 1. The van der Waals surface area contributed by atoms with Gasteiger partial charge in [-0.1, -0.05) is 23.7 Å². The molecular weight excluding hydrogens is 224 g/mol. The Morgan fingerprint density at radius 3 is 2.62 bits per heavy atom. The Hall–Kier alpha value is -1.32. The lowest BCUT2D eigenvalue weighted by Crippen LogP contribution is -2.02. The van der Waals surface area contributed by atoms with Crippen molar-refractivity contribution in [2.45, 2.75) is 13.5 Å². The van der Waals surface area contributed by atoms with Crippen molar-refractivity contribution in [3.8, 4) is 11.3 Å². The van der Waals surface area contributed by atoms with Crippen molar-refractivity contribution in [2.24, 2.45) is 0 Å². The summed E-state index contributed by atoms with van der Waals surface area (Å²) in [6.07, 6.45) is 1.94. The molecule has 0 spiro atoms. The van der Waals surface area contributed by atoms with Gasteiger partial charge >= 0.3 is 0 Å². The Kier molecular flexibility index (Phi) is 3.27. The maximum atomic E-state index is 8.89. The zero-order valence-electron chi connectivity index (χ0n) is 9.02. The first-order valence-electron chi connectivity index (χ1n) is 5.11. The Labute approximate surface area is 99.3 Å². The van der Waals surface area contributed by atoms with Crippen molar-refractivity contribution < 1.29 is 5.11 Å². The maximum absolute atomic E-state index is 8.89. The van der Waals surface area contributed by atoms with Gasteiger partial charge in [-0.2, -0.15) is 0 Å². The molecule has 4 heteroatoms. The van der Waals surface area contributed by atoms with Crippen LogP contribution >= 0.6 is 11.6 Å². The van der Waals surface area contributed by atoms with Crippen molar-refractivity contribution in [2.75, 3.05) is 6.61 Å². The zero-order valence-corrected chi connectivity index (χ0v) is 9.78. The Morgan fingerprint density at radius 2 is 2.00 bits per heavy atom. The van der Waals surface area contributed by atoms with E-state index in [1.165, 1.54) is 0 Å². The number of benzene rings is 1. The van der Waals surface area contributed by atoms with E-state index in [9.17, 15) is 0 Å². The number of hydrogen-bond acceptors (Lipinski definition) is 2. The predicted octanol–water partition coefficient (Wildman–Crippen LogP) is 2.50. The second kappa shape index (κ2) is 4.68. The summed E-state index contributed by atoms with van der Waals surface area (Å²) in [5, 5.41) is 9.61. The molecule has 0 saturated heterocycles. The standard InChI is InChI=1S/C12H13ClN2O/c1-9-14-12(8-15(9)6-7-16)10-2-4-11(13)5-3-10/h2-5,8,16H,6-7H2,1H3. The first-order chi connectivity index (χ1) is 7.70. The van der Waals surface area contributed by atoms with Gasteiger partial charge < -0.3 is 9.67 Å². The van der Waals surface area contributed by atoms with Crippen LogP contribution in [0.15, 0.2) is 30.5 Å². The number of hydrogen-bond donors (Lipinski definition) is 1. The van der Waals surface area contributed by atoms with Gasteiger partial charge in [-0.25, -0.2) is 4.98 Å². The minimum atomic E-state index is 0.122. The fourth-order valence-electron chi connectivity index (χ4n) is 1.60. The molecule has 0 aliphatic heterocycles. The Morgan fingerprint density at radius 1 is 1.31 bits per heavy atom. The molecule has 3 nitrogen and oxygen atoms in total. The van der Waals surface area contributed by atoms with Gasteiger partial charge in [0, 0.05) is 23.3 Å². The van der Waals surface area contributed by atoms with Crippen molar-refractivity contribution in [3.63, 3.8) is 0 Å². The van der Waals surface area contributed by atoms with Crippen LogP contribution in [-0.2, 0) is 6.54 Å². The SMILES string of the molecule is Cc1nc(-c2ccc(Cl)cc2)cn1CCO. The summed E-state index contributed by atoms with van der Waals surface area (Å²) in [4.78, 5) is 4.44. The van der Waals surface area contributed by atoms with Crippen molar-refractivity contribution >= 4 is 11.6 Å². The minimum Gasteiger partial charge on any atom is -0.395 e. The van der Waals surface area contributed by atoms with Crippen LogP contribution < -0.4 is 0 Å². The van der Waals surface area contributed by atoms with Crippen molar-refractivity contribution in [1.82, 2.24) is 9.55 Å². The summed E-state index contributed by atoms with van der Waals surface area (Å²) >= 11 is 5.83. The molecule has 0 bridgehead atoms. The highest BCUT2D eigenvalue weighted by Crippen LogP contribution is 2.20. The van der Waals surface area contributed by atoms with E-state index >= 15 is 0 Å². The lowest BCUT2D eigenvalue weighted by atomic mass is 10.2. The topological polar surface area (TPSA) is 38.0 Å². The summed E-state index contributed by atoms with van der Waals surface area (Å²) < 4.78 is 1.93. The largest absolute Gasteiger partial charge is 0.395 e. The summed E-state index contributed by atoms with van der Waals surface area (Å²) in [7, 11) is 0. The number of halogens is 1. The van der Waals surface area contributed by atoms with Crippen molar-refractivity contribution in [3.05, 3.63) is 41.3 Å². The molecule has 2 aromatic rings. The molecule has 84 valence electrons. The average Bonchev–Trinajstić information content (AvgIpc) is 2.62. The van der Waals surface area contributed by atoms with Gasteiger partial charge in [-0.05, 0) is 19.1 Å². The number of nitrogens with zero attached hydrogens (tertiary/aromatic N) is 2. The van der Waals surface area contributed by atoms with Gasteiger partial charge in [0.15, 0.2) is 0 Å². The van der Waals surface area contributed by atoms with E-state index in [4.69, 9.17) is 16.7 Å². The highest BCUT2D eigenvalue weighted by molar-refractivity contribution is 6.30. The molecule has 2 rings (SSSR count). The van der Waals surface area contributed by atoms with Gasteiger partial charge in [0.25, 0.3) is 0 Å². The van der Waals surface area contributed by atoms with E-state index in [1.54, 1.807) is 0 Å². The zero-order chi connectivity index (χ0) is 11.5. The van der Waals surface area contributed by atoms with E-state index in [0.29, 0.717) is 6.54 Å². The number of aryl methyl sites for hydroxylation is 1. The molecular formula is C12H13ClN2O. The van der Waals surface area contributed by atoms with E-state index in [0.717, 1.165) is 22.1 Å². The molecule has 0 amide bonds. The van der Waals surface area contributed by atoms with E-state index < -0.39 is 0 Å². The molecule has 0 aliphatic carbocycles. The van der Waals surface area contributed by atoms with Gasteiger partial charge in [-0.15, -0.1) is 0 Å². The number of aliphatic hydroxyl groups excluding tert-OH is 1. The molecule has 0 unspecified atom stereocenters. The smallest absolute Gasteiger partial charge is 0.106 e. The monoisotopic (exact) mass is 236 g/mol. The predicted molar refractivity (Wildman–Crippen MR) is 64.5 cm³/mol. The van der Waals surface area contributed by atoms with Gasteiger partial charge in [0.05, 0.1) is 12.3 Å². The molecule has 1 aromatic heterocycles. The Balaban J connectivity index is 2.33. The number of imidazole rings is 1. The molecule has 0 radical (unpaired) electrons. The van der Waals surface area contributed by atoms with E-state index in [2.05, 4.69) is 4.98 Å². The summed E-state index contributed by atoms with van der Waals surface area (Å²) in [6.45, 7) is 2.62. The molecule has 1 N–H and O–H groups in total. The van der Waals surface area contributed by atoms with Gasteiger partial charge in [0.2, 0.25) is 0 Å². The third-order valence-corrected chi connectivity index (χ3v) is 2.71. The van der Waals surface area contributed by atoms with Crippen molar-refractivity contribution in [1.29, 1.82) is 0 Å². The van der Waals surface area contributed by atoms with Crippen LogP contribution in [0.5, 0.6) is 0 Å². The normalized spacial score (nSPS) is 10.7. The van der Waals surface area contributed by atoms with E-state index in [-0.39, 0.29) is 6.61 Å². The summed E-state index contributed by atoms with van der Waals surface area (Å²) in [6, 6.07) is 7.56. The first-order valence-corrected chi connectivity index (χ1v) is 5.49. The van der Waals surface area contributed by atoms with Crippen LogP contribution in [0, 0.1) is 6.92 Å². The minimum absolute atomic E-state index is 0.122. The highest BCUT2D eigenvalue weighted by Gasteiger charge is 2.05.